The first-order chi connectivity index (χ1) is 9.22. The number of rotatable bonds is 4. The van der Waals surface area contributed by atoms with Crippen molar-refractivity contribution in [3.63, 3.8) is 0 Å². The first-order valence-electron chi connectivity index (χ1n) is 6.92. The van der Waals surface area contributed by atoms with E-state index in [0.717, 1.165) is 43.5 Å². The van der Waals surface area contributed by atoms with Crippen molar-refractivity contribution < 1.29 is 9.90 Å². The SMILES string of the molecule is CNCCc1ccccc1C(=O)N1CCC[C@H](O)C1. The number of carbonyl (C=O) groups is 1. The van der Waals surface area contributed by atoms with E-state index in [9.17, 15) is 9.90 Å². The molecule has 104 valence electrons. The number of hydrogen-bond donors (Lipinski definition) is 2. The summed E-state index contributed by atoms with van der Waals surface area (Å²) in [4.78, 5) is 14.3. The maximum atomic E-state index is 12.5. The second-order valence-electron chi connectivity index (χ2n) is 5.06. The highest BCUT2D eigenvalue weighted by atomic mass is 16.3. The van der Waals surface area contributed by atoms with Crippen LogP contribution in [0.3, 0.4) is 0 Å². The Labute approximate surface area is 114 Å². The van der Waals surface area contributed by atoms with Gasteiger partial charge in [-0.15, -0.1) is 0 Å². The summed E-state index contributed by atoms with van der Waals surface area (Å²) in [5, 5.41) is 12.8. The zero-order valence-corrected chi connectivity index (χ0v) is 11.4. The summed E-state index contributed by atoms with van der Waals surface area (Å²) in [7, 11) is 1.91. The van der Waals surface area contributed by atoms with Crippen molar-refractivity contribution in [2.75, 3.05) is 26.7 Å². The summed E-state index contributed by atoms with van der Waals surface area (Å²) in [5.41, 5.74) is 1.84. The summed E-state index contributed by atoms with van der Waals surface area (Å²) >= 11 is 0. The Hall–Kier alpha value is -1.39. The van der Waals surface area contributed by atoms with Crippen molar-refractivity contribution in [1.82, 2.24) is 10.2 Å². The molecule has 1 saturated heterocycles. The van der Waals surface area contributed by atoms with Crippen LogP contribution in [0.5, 0.6) is 0 Å². The van der Waals surface area contributed by atoms with Crippen LogP contribution in [0.4, 0.5) is 0 Å². The highest BCUT2D eigenvalue weighted by molar-refractivity contribution is 5.95. The van der Waals surface area contributed by atoms with Gasteiger partial charge in [-0.05, 0) is 44.5 Å². The summed E-state index contributed by atoms with van der Waals surface area (Å²) in [6.07, 6.45) is 2.15. The van der Waals surface area contributed by atoms with Crippen LogP contribution in [0.1, 0.15) is 28.8 Å². The van der Waals surface area contributed by atoms with Gasteiger partial charge in [-0.25, -0.2) is 0 Å². The predicted octanol–water partition coefficient (Wildman–Crippen LogP) is 1.05. The van der Waals surface area contributed by atoms with Gasteiger partial charge in [0.1, 0.15) is 0 Å². The summed E-state index contributed by atoms with van der Waals surface area (Å²) in [6, 6.07) is 7.75. The number of aliphatic hydroxyl groups is 1. The van der Waals surface area contributed by atoms with Crippen LogP contribution in [0, 0.1) is 0 Å². The van der Waals surface area contributed by atoms with Gasteiger partial charge >= 0.3 is 0 Å². The maximum Gasteiger partial charge on any atom is 0.254 e. The van der Waals surface area contributed by atoms with Crippen molar-refractivity contribution in [3.05, 3.63) is 35.4 Å². The minimum atomic E-state index is -0.373. The first-order valence-corrected chi connectivity index (χ1v) is 6.92. The standard InChI is InChI=1S/C15H22N2O2/c1-16-9-8-12-5-2-3-7-14(12)15(19)17-10-4-6-13(18)11-17/h2-3,5,7,13,16,18H,4,6,8-11H2,1H3/t13-/m0/s1. The Morgan fingerprint density at radius 3 is 3.00 bits per heavy atom. The molecule has 0 aromatic heterocycles. The second-order valence-corrected chi connectivity index (χ2v) is 5.06. The average Bonchev–Trinajstić information content (AvgIpc) is 2.44. The fraction of sp³-hybridized carbons (Fsp3) is 0.533. The summed E-state index contributed by atoms with van der Waals surface area (Å²) < 4.78 is 0. The van der Waals surface area contributed by atoms with Crippen LogP contribution in [0.25, 0.3) is 0 Å². The fourth-order valence-electron chi connectivity index (χ4n) is 2.52. The van der Waals surface area contributed by atoms with Gasteiger partial charge in [0.2, 0.25) is 0 Å². The Morgan fingerprint density at radius 1 is 1.47 bits per heavy atom. The van der Waals surface area contributed by atoms with Crippen LogP contribution in [-0.4, -0.2) is 48.7 Å². The number of likely N-dealkylation sites (N-methyl/N-ethyl adjacent to an activating group) is 1. The molecule has 1 aliphatic rings. The molecular formula is C15H22N2O2. The van der Waals surface area contributed by atoms with Gasteiger partial charge < -0.3 is 15.3 Å². The highest BCUT2D eigenvalue weighted by Crippen LogP contribution is 2.17. The highest BCUT2D eigenvalue weighted by Gasteiger charge is 2.24. The van der Waals surface area contributed by atoms with E-state index in [1.807, 2.05) is 31.3 Å². The van der Waals surface area contributed by atoms with Crippen molar-refractivity contribution in [1.29, 1.82) is 0 Å². The van der Waals surface area contributed by atoms with Gasteiger partial charge in [0, 0.05) is 18.7 Å². The molecule has 19 heavy (non-hydrogen) atoms. The van der Waals surface area contributed by atoms with E-state index >= 15 is 0 Å². The molecule has 1 aliphatic heterocycles. The molecule has 0 bridgehead atoms. The van der Waals surface area contributed by atoms with E-state index in [0.29, 0.717) is 6.54 Å². The third-order valence-corrected chi connectivity index (χ3v) is 3.58. The number of carbonyl (C=O) groups excluding carboxylic acids is 1. The van der Waals surface area contributed by atoms with E-state index in [4.69, 9.17) is 0 Å². The lowest BCUT2D eigenvalue weighted by Crippen LogP contribution is -2.42. The number of nitrogens with one attached hydrogen (secondary N) is 1. The van der Waals surface area contributed by atoms with Crippen LogP contribution in [-0.2, 0) is 6.42 Å². The Balaban J connectivity index is 2.13. The van der Waals surface area contributed by atoms with E-state index in [-0.39, 0.29) is 12.0 Å². The van der Waals surface area contributed by atoms with Gasteiger partial charge in [-0.2, -0.15) is 0 Å². The maximum absolute atomic E-state index is 12.5. The number of nitrogens with zero attached hydrogens (tertiary/aromatic N) is 1. The fourth-order valence-corrected chi connectivity index (χ4v) is 2.52. The summed E-state index contributed by atoms with van der Waals surface area (Å²) in [5.74, 6) is 0.0467. The van der Waals surface area contributed by atoms with E-state index < -0.39 is 0 Å². The molecule has 0 unspecified atom stereocenters. The average molecular weight is 262 g/mol. The van der Waals surface area contributed by atoms with Crippen molar-refractivity contribution in [3.8, 4) is 0 Å². The quantitative estimate of drug-likeness (QED) is 0.852. The number of β-amino-alcohol motifs (C(OH)–C–C–N with tert-alkyl or cyclic N) is 1. The van der Waals surface area contributed by atoms with Gasteiger partial charge in [0.05, 0.1) is 6.10 Å². The molecule has 2 N–H and O–H groups in total. The lowest BCUT2D eigenvalue weighted by molar-refractivity contribution is 0.0473. The van der Waals surface area contributed by atoms with Gasteiger partial charge in [-0.3, -0.25) is 4.79 Å². The molecule has 0 spiro atoms. The Morgan fingerprint density at radius 2 is 2.26 bits per heavy atom. The molecule has 4 heteroatoms. The zero-order chi connectivity index (χ0) is 13.7. The van der Waals surface area contributed by atoms with Crippen molar-refractivity contribution in [2.24, 2.45) is 0 Å². The minimum Gasteiger partial charge on any atom is -0.391 e. The van der Waals surface area contributed by atoms with E-state index in [1.54, 1.807) is 4.90 Å². The number of benzene rings is 1. The van der Waals surface area contributed by atoms with Gasteiger partial charge in [-0.1, -0.05) is 18.2 Å². The number of piperidine rings is 1. The van der Waals surface area contributed by atoms with Crippen LogP contribution >= 0.6 is 0 Å². The number of aliphatic hydroxyl groups excluding tert-OH is 1. The van der Waals surface area contributed by atoms with Crippen LogP contribution in [0.15, 0.2) is 24.3 Å². The van der Waals surface area contributed by atoms with Crippen molar-refractivity contribution in [2.45, 2.75) is 25.4 Å². The second kappa shape index (κ2) is 6.68. The Bertz CT molecular complexity index is 434. The topological polar surface area (TPSA) is 52.6 Å². The van der Waals surface area contributed by atoms with E-state index in [2.05, 4.69) is 5.32 Å². The van der Waals surface area contributed by atoms with Crippen LogP contribution in [0.2, 0.25) is 0 Å². The molecule has 1 fully saturated rings. The first kappa shape index (κ1) is 14.0. The smallest absolute Gasteiger partial charge is 0.254 e. The molecule has 1 heterocycles. The third kappa shape index (κ3) is 3.55. The normalized spacial score (nSPS) is 19.5. The molecule has 0 saturated carbocycles. The molecule has 1 atom stereocenters. The molecule has 4 nitrogen and oxygen atoms in total. The monoisotopic (exact) mass is 262 g/mol. The molecular weight excluding hydrogens is 240 g/mol. The molecule has 1 aromatic rings. The molecule has 2 rings (SSSR count). The minimum absolute atomic E-state index is 0.0467. The lowest BCUT2D eigenvalue weighted by atomic mass is 10.0. The molecule has 0 radical (unpaired) electrons. The zero-order valence-electron chi connectivity index (χ0n) is 11.4. The van der Waals surface area contributed by atoms with Crippen LogP contribution < -0.4 is 5.32 Å². The molecule has 1 aromatic carbocycles. The van der Waals surface area contributed by atoms with Crippen molar-refractivity contribution >= 4 is 5.91 Å². The number of hydrogen-bond acceptors (Lipinski definition) is 3. The van der Waals surface area contributed by atoms with Gasteiger partial charge in [0.15, 0.2) is 0 Å². The van der Waals surface area contributed by atoms with Gasteiger partial charge in [0.25, 0.3) is 5.91 Å². The predicted molar refractivity (Wildman–Crippen MR) is 75.2 cm³/mol. The van der Waals surface area contributed by atoms with E-state index in [1.165, 1.54) is 0 Å². The Kier molecular flexibility index (Phi) is 4.93. The number of likely N-dealkylation sites (tertiary alicyclic amines) is 1. The molecule has 1 amide bonds. The summed E-state index contributed by atoms with van der Waals surface area (Å²) in [6.45, 7) is 2.06. The number of amides is 1. The largest absolute Gasteiger partial charge is 0.391 e. The third-order valence-electron chi connectivity index (χ3n) is 3.58. The molecule has 0 aliphatic carbocycles. The lowest BCUT2D eigenvalue weighted by Gasteiger charge is -2.30.